The van der Waals surface area contributed by atoms with Crippen LogP contribution >= 0.6 is 23.2 Å². The fourth-order valence-corrected chi connectivity index (χ4v) is 24.4. The van der Waals surface area contributed by atoms with Crippen LogP contribution in [0, 0.1) is 42.9 Å². The molecule has 0 unspecified atom stereocenters. The Morgan fingerprint density at radius 3 is 1.27 bits per heavy atom. The number of ether oxygens (including phenoxy) is 4. The fraction of sp³-hybridized carbons (Fsp3) is 0.472. The largest absolute Gasteiger partial charge is 0.493 e. The molecule has 6 fully saturated rings. The van der Waals surface area contributed by atoms with Crippen molar-refractivity contribution in [2.24, 2.45) is 22.7 Å². The maximum absolute atomic E-state index is 14.2. The molecular weight excluding hydrogens is 1860 g/mol. The van der Waals surface area contributed by atoms with Crippen molar-refractivity contribution in [1.82, 2.24) is 58.8 Å². The molecule has 4 aliphatic carbocycles. The fourth-order valence-electron chi connectivity index (χ4n) is 22.2. The second kappa shape index (κ2) is 41.5. The summed E-state index contributed by atoms with van der Waals surface area (Å²) in [6, 6.07) is 41.0. The summed E-state index contributed by atoms with van der Waals surface area (Å²) in [7, 11) is -9.26. The van der Waals surface area contributed by atoms with Gasteiger partial charge in [0.05, 0.1) is 67.5 Å². The zero-order valence-electron chi connectivity index (χ0n) is 80.6. The van der Waals surface area contributed by atoms with E-state index < -0.39 is 51.5 Å². The van der Waals surface area contributed by atoms with E-state index in [9.17, 15) is 46.7 Å². The van der Waals surface area contributed by atoms with Crippen molar-refractivity contribution in [3.63, 3.8) is 0 Å². The number of hydrogen-bond acceptors (Lipinski definition) is 24. The minimum Gasteiger partial charge on any atom is -0.493 e. The number of pyridine rings is 2. The van der Waals surface area contributed by atoms with E-state index in [2.05, 4.69) is 134 Å². The lowest BCUT2D eigenvalue weighted by atomic mass is 9.72. The van der Waals surface area contributed by atoms with Crippen LogP contribution in [0.1, 0.15) is 174 Å². The predicted octanol–water partition coefficient (Wildman–Crippen LogP) is 18.6. The molecule has 10 heterocycles. The van der Waals surface area contributed by atoms with E-state index in [0.29, 0.717) is 84.1 Å². The highest BCUT2D eigenvalue weighted by molar-refractivity contribution is 7.90. The number of aromatic nitrogens is 4. The topological polar surface area (TPSA) is 333 Å². The molecule has 2 saturated carbocycles. The van der Waals surface area contributed by atoms with Crippen LogP contribution in [0.25, 0.3) is 33.2 Å². The van der Waals surface area contributed by atoms with Crippen molar-refractivity contribution < 1.29 is 55.2 Å². The number of nitro benzene ring substituents is 2. The standard InChI is InChI=1S/2C53H63ClN8O7S/c2*1-35-32-58(21-24-61(35)41-5-4-6-41)18-15-36-25-46-48(62(64)65)28-44(29-49(46)68-34-36)70(66,67)57-52(63)45-12-11-42(27-50(45)69-43-26-38-14-17-55-51(38)56-31-43)60-22-19-59(20-23-60)33-39-13-16-53(2,3)30-47(39)37-7-9-40(54)10-8-37/h2*7-12,14,17,26-29,31,35-36,41H,4-6,13,15-16,18-25,30,32-34H2,1-3H3,(H,55,56)(H,57,63)/t35-,36+;35-,36-/m10/s1. The molecule has 0 spiro atoms. The smallest absolute Gasteiger partial charge is 0.277 e. The van der Waals surface area contributed by atoms with E-state index in [-0.39, 0.29) is 68.2 Å². The summed E-state index contributed by atoms with van der Waals surface area (Å²) in [4.78, 5) is 86.1. The van der Waals surface area contributed by atoms with Crippen LogP contribution in [-0.2, 0) is 32.9 Å². The number of carbonyl (C=O) groups is 2. The van der Waals surface area contributed by atoms with Crippen LogP contribution < -0.4 is 38.2 Å². The zero-order chi connectivity index (χ0) is 97.5. The Kier molecular flexibility index (Phi) is 29.0. The number of H-pyrrole nitrogens is 2. The number of benzene rings is 6. The molecule has 4 saturated heterocycles. The molecule has 20 rings (SSSR count). The number of rotatable bonds is 28. The Labute approximate surface area is 828 Å². The quantitative estimate of drug-likeness (QED) is 0.0261. The molecule has 34 heteroatoms. The van der Waals surface area contributed by atoms with Gasteiger partial charge in [-0.3, -0.25) is 49.4 Å². The second-order valence-corrected chi connectivity index (χ2v) is 45.9. The monoisotopic (exact) mass is 1980 g/mol. The first-order valence-corrected chi connectivity index (χ1v) is 53.4. The maximum atomic E-state index is 14.2. The van der Waals surface area contributed by atoms with Crippen LogP contribution in [0.2, 0.25) is 10.0 Å². The lowest BCUT2D eigenvalue weighted by molar-refractivity contribution is -0.386. The second-order valence-electron chi connectivity index (χ2n) is 41.6. The lowest BCUT2D eigenvalue weighted by Crippen LogP contribution is -2.57. The van der Waals surface area contributed by atoms with Crippen molar-refractivity contribution in [2.75, 3.05) is 141 Å². The van der Waals surface area contributed by atoms with Gasteiger partial charge in [0.2, 0.25) is 0 Å². The molecule has 10 aromatic rings. The number of sulfonamides is 2. The molecule has 4 N–H and O–H groups in total. The Morgan fingerprint density at radius 2 is 0.900 bits per heavy atom. The maximum Gasteiger partial charge on any atom is 0.277 e. The summed E-state index contributed by atoms with van der Waals surface area (Å²) >= 11 is 12.5. The minimum atomic E-state index is -4.63. The Bertz CT molecular complexity index is 6220. The van der Waals surface area contributed by atoms with Gasteiger partial charge in [0.25, 0.3) is 43.2 Å². The number of nitrogens with zero attached hydrogens (tertiary/aromatic N) is 12. The normalized spacial score (nSPS) is 21.5. The Balaban J connectivity index is 0.000000178. The number of nitro groups is 2. The van der Waals surface area contributed by atoms with Gasteiger partial charge in [-0.2, -0.15) is 0 Å². The summed E-state index contributed by atoms with van der Waals surface area (Å²) in [6.45, 7) is 30.3. The number of anilines is 2. The van der Waals surface area contributed by atoms with E-state index in [1.54, 1.807) is 60.9 Å². The SMILES string of the molecule is C[C@@H]1CN(CC[C@@H]2COc3cc(S(=O)(=O)NC(=O)c4ccc(N5CCN(CC6=C(c7ccc(Cl)cc7)CC(C)(C)CC6)CC5)cc4Oc4cnc5[nH]ccc5c4)cc([N+](=O)[O-])c3C2)CCN1C1CCC1.C[C@H]1CN(CC[C@@H]2COc3cc(S(=O)(=O)NC(=O)c4ccc(N5CCN(CC6=C(c7ccc(Cl)cc7)CC(C)(C)CC6)CC5)cc4Oc4cnc5[nH]ccc5c4)cc([N+](=O)[O-])c3C2)CCN1C1CCC1. The number of aromatic amines is 2. The first-order valence-electron chi connectivity index (χ1n) is 49.7. The summed E-state index contributed by atoms with van der Waals surface area (Å²) < 4.78 is 85.5. The first-order chi connectivity index (χ1) is 67.3. The highest BCUT2D eigenvalue weighted by atomic mass is 35.5. The third kappa shape index (κ3) is 22.5. The van der Waals surface area contributed by atoms with E-state index >= 15 is 0 Å². The number of halogens is 2. The van der Waals surface area contributed by atoms with Gasteiger partial charge in [-0.05, 0) is 235 Å². The third-order valence-electron chi connectivity index (χ3n) is 30.7. The molecule has 4 aromatic heterocycles. The number of allylic oxidation sites excluding steroid dienone is 2. The molecule has 10 aliphatic rings. The molecule has 740 valence electrons. The van der Waals surface area contributed by atoms with Gasteiger partial charge in [-0.25, -0.2) is 36.2 Å². The Morgan fingerprint density at radius 1 is 0.507 bits per heavy atom. The van der Waals surface area contributed by atoms with Gasteiger partial charge in [0.15, 0.2) is 0 Å². The summed E-state index contributed by atoms with van der Waals surface area (Å²) in [6.07, 6.45) is 23.2. The number of amides is 2. The van der Waals surface area contributed by atoms with Crippen LogP contribution in [0.4, 0.5) is 22.7 Å². The summed E-state index contributed by atoms with van der Waals surface area (Å²) in [5.41, 5.74) is 11.6. The molecule has 6 aromatic carbocycles. The van der Waals surface area contributed by atoms with E-state index in [4.69, 9.17) is 42.1 Å². The molecular formula is C106H126Cl2N16O14S2. The number of nitrogens with one attached hydrogen (secondary N) is 4. The predicted molar refractivity (Wildman–Crippen MR) is 545 cm³/mol. The average molecular weight is 1980 g/mol. The molecule has 6 aliphatic heterocycles. The molecule has 140 heavy (non-hydrogen) atoms. The molecule has 0 radical (unpaired) electrons. The third-order valence-corrected chi connectivity index (χ3v) is 33.9. The van der Waals surface area contributed by atoms with Gasteiger partial charge in [0.1, 0.15) is 45.8 Å². The van der Waals surface area contributed by atoms with Crippen LogP contribution in [0.15, 0.2) is 179 Å². The highest BCUT2D eigenvalue weighted by Crippen LogP contribution is 2.48. The molecule has 0 bridgehead atoms. The Hall–Kier alpha value is -11.0. The van der Waals surface area contributed by atoms with E-state index in [1.807, 2.05) is 36.4 Å². The summed E-state index contributed by atoms with van der Waals surface area (Å²) in [5, 5.41) is 28.1. The number of piperazine rings is 4. The minimum absolute atomic E-state index is 0.0348. The van der Waals surface area contributed by atoms with Crippen LogP contribution in [0.3, 0.4) is 0 Å². The zero-order valence-corrected chi connectivity index (χ0v) is 83.7. The lowest BCUT2D eigenvalue weighted by Gasteiger charge is -2.47. The van der Waals surface area contributed by atoms with Crippen molar-refractivity contribution in [3.05, 3.63) is 233 Å². The van der Waals surface area contributed by atoms with Crippen LogP contribution in [-0.4, -0.2) is 243 Å². The van der Waals surface area contributed by atoms with Gasteiger partial charge in [-0.15, -0.1) is 0 Å². The van der Waals surface area contributed by atoms with Crippen molar-refractivity contribution in [3.8, 4) is 34.5 Å². The molecule has 30 nitrogen and oxygen atoms in total. The van der Waals surface area contributed by atoms with Crippen molar-refractivity contribution >= 4 is 111 Å². The highest BCUT2D eigenvalue weighted by Gasteiger charge is 2.41. The van der Waals surface area contributed by atoms with Gasteiger partial charge >= 0.3 is 0 Å². The van der Waals surface area contributed by atoms with Crippen molar-refractivity contribution in [1.29, 1.82) is 0 Å². The van der Waals surface area contributed by atoms with Gasteiger partial charge in [0, 0.05) is 210 Å². The number of hydrogen-bond donors (Lipinski definition) is 4. The number of carbonyl (C=O) groups excluding carboxylic acids is 2. The van der Waals surface area contributed by atoms with Gasteiger partial charge in [-0.1, -0.05) is 99.2 Å². The van der Waals surface area contributed by atoms with Gasteiger partial charge < -0.3 is 48.5 Å². The first kappa shape index (κ1) is 97.8. The number of fused-ring (bicyclic) bond motifs is 4. The van der Waals surface area contributed by atoms with Crippen LogP contribution in [0.5, 0.6) is 34.5 Å². The summed E-state index contributed by atoms with van der Waals surface area (Å²) in [5.74, 6) is -0.577. The molecule has 2 amide bonds. The molecule has 4 atom stereocenters. The average Bonchev–Trinajstić information content (AvgIpc) is 1.09. The van der Waals surface area contributed by atoms with E-state index in [0.717, 1.165) is 213 Å². The van der Waals surface area contributed by atoms with Crippen molar-refractivity contribution in [2.45, 2.75) is 178 Å². The van der Waals surface area contributed by atoms with E-state index in [1.165, 1.54) is 96.5 Å².